The van der Waals surface area contributed by atoms with Gasteiger partial charge in [-0.3, -0.25) is 4.79 Å². The van der Waals surface area contributed by atoms with Crippen LogP contribution in [0.4, 0.5) is 5.69 Å². The molecule has 2 unspecified atom stereocenters. The standard InChI is InChI=1S/C16H24N2O3/c1-10-5-6-11(2)18(9-10)16(19)13-7-12(20-3)8-14(21-4)15(13)17/h7-8,10-11H,5-6,9,17H2,1-4H3. The highest BCUT2D eigenvalue weighted by Gasteiger charge is 2.29. The van der Waals surface area contributed by atoms with E-state index >= 15 is 0 Å². The normalized spacial score (nSPS) is 22.0. The van der Waals surface area contributed by atoms with Crippen LogP contribution in [0, 0.1) is 5.92 Å². The molecule has 1 aromatic rings. The zero-order valence-electron chi connectivity index (χ0n) is 13.2. The van der Waals surface area contributed by atoms with Crippen molar-refractivity contribution in [3.05, 3.63) is 17.7 Å². The molecule has 0 aliphatic carbocycles. The molecule has 5 nitrogen and oxygen atoms in total. The molecule has 1 saturated heterocycles. The summed E-state index contributed by atoms with van der Waals surface area (Å²) >= 11 is 0. The number of ether oxygens (including phenoxy) is 2. The molecule has 2 rings (SSSR count). The first-order chi connectivity index (χ1) is 9.97. The zero-order valence-corrected chi connectivity index (χ0v) is 13.2. The van der Waals surface area contributed by atoms with Gasteiger partial charge in [-0.2, -0.15) is 0 Å². The minimum Gasteiger partial charge on any atom is -0.497 e. The second-order valence-corrected chi connectivity index (χ2v) is 5.78. The van der Waals surface area contributed by atoms with Crippen LogP contribution in [0.5, 0.6) is 11.5 Å². The maximum absolute atomic E-state index is 12.8. The van der Waals surface area contributed by atoms with Gasteiger partial charge in [0.2, 0.25) is 0 Å². The number of rotatable bonds is 3. The molecule has 0 bridgehead atoms. The summed E-state index contributed by atoms with van der Waals surface area (Å²) in [5.74, 6) is 1.50. The van der Waals surface area contributed by atoms with Gasteiger partial charge in [-0.15, -0.1) is 0 Å². The molecule has 1 fully saturated rings. The molecule has 1 heterocycles. The van der Waals surface area contributed by atoms with Crippen LogP contribution in [0.3, 0.4) is 0 Å². The summed E-state index contributed by atoms with van der Waals surface area (Å²) in [6.45, 7) is 5.01. The van der Waals surface area contributed by atoms with Crippen LogP contribution >= 0.6 is 0 Å². The van der Waals surface area contributed by atoms with E-state index in [-0.39, 0.29) is 11.9 Å². The molecular formula is C16H24N2O3. The highest BCUT2D eigenvalue weighted by Crippen LogP contribution is 2.33. The number of nitrogens with two attached hydrogens (primary N) is 1. The molecule has 1 aliphatic heterocycles. The van der Waals surface area contributed by atoms with Crippen LogP contribution in [0.1, 0.15) is 37.0 Å². The van der Waals surface area contributed by atoms with Crippen molar-refractivity contribution >= 4 is 11.6 Å². The highest BCUT2D eigenvalue weighted by molar-refractivity contribution is 6.01. The molecule has 1 aliphatic rings. The number of carbonyl (C=O) groups excluding carboxylic acids is 1. The van der Waals surface area contributed by atoms with E-state index in [0.717, 1.165) is 19.4 Å². The van der Waals surface area contributed by atoms with Gasteiger partial charge >= 0.3 is 0 Å². The second kappa shape index (κ2) is 6.24. The Bertz CT molecular complexity index is 530. The van der Waals surface area contributed by atoms with Gasteiger partial charge in [0.25, 0.3) is 5.91 Å². The third kappa shape index (κ3) is 3.06. The average Bonchev–Trinajstić information content (AvgIpc) is 2.49. The Labute approximate surface area is 126 Å². The molecule has 21 heavy (non-hydrogen) atoms. The zero-order chi connectivity index (χ0) is 15.6. The molecule has 2 atom stereocenters. The first-order valence-electron chi connectivity index (χ1n) is 7.30. The van der Waals surface area contributed by atoms with Crippen LogP contribution in [0.15, 0.2) is 12.1 Å². The van der Waals surface area contributed by atoms with E-state index in [4.69, 9.17) is 15.2 Å². The number of benzene rings is 1. The van der Waals surface area contributed by atoms with Gasteiger partial charge in [0.05, 0.1) is 25.5 Å². The van der Waals surface area contributed by atoms with E-state index in [2.05, 4.69) is 13.8 Å². The Balaban J connectivity index is 2.37. The number of carbonyl (C=O) groups is 1. The van der Waals surface area contributed by atoms with Crippen LogP contribution in [0.2, 0.25) is 0 Å². The topological polar surface area (TPSA) is 64.8 Å². The quantitative estimate of drug-likeness (QED) is 0.870. The summed E-state index contributed by atoms with van der Waals surface area (Å²) in [6, 6.07) is 3.60. The van der Waals surface area contributed by atoms with Crippen molar-refractivity contribution in [3.63, 3.8) is 0 Å². The van der Waals surface area contributed by atoms with Crippen molar-refractivity contribution in [1.29, 1.82) is 0 Å². The van der Waals surface area contributed by atoms with Crippen molar-refractivity contribution in [2.45, 2.75) is 32.7 Å². The number of nitrogens with zero attached hydrogens (tertiary/aromatic N) is 1. The Morgan fingerprint density at radius 3 is 2.57 bits per heavy atom. The number of anilines is 1. The Morgan fingerprint density at radius 1 is 1.24 bits per heavy atom. The molecular weight excluding hydrogens is 268 g/mol. The van der Waals surface area contributed by atoms with E-state index in [1.807, 2.05) is 4.90 Å². The van der Waals surface area contributed by atoms with Crippen LogP contribution in [-0.4, -0.2) is 37.6 Å². The fraction of sp³-hybridized carbons (Fsp3) is 0.562. The maximum Gasteiger partial charge on any atom is 0.256 e. The first-order valence-corrected chi connectivity index (χ1v) is 7.30. The van der Waals surface area contributed by atoms with Crippen molar-refractivity contribution in [2.75, 3.05) is 26.5 Å². The van der Waals surface area contributed by atoms with Crippen molar-refractivity contribution in [3.8, 4) is 11.5 Å². The van der Waals surface area contributed by atoms with Crippen molar-refractivity contribution < 1.29 is 14.3 Å². The van der Waals surface area contributed by atoms with Gasteiger partial charge in [0.1, 0.15) is 11.5 Å². The lowest BCUT2D eigenvalue weighted by molar-refractivity contribution is 0.0574. The van der Waals surface area contributed by atoms with E-state index < -0.39 is 0 Å². The smallest absolute Gasteiger partial charge is 0.256 e. The molecule has 0 saturated carbocycles. The Kier molecular flexibility index (Phi) is 4.60. The third-order valence-corrected chi connectivity index (χ3v) is 4.18. The lowest BCUT2D eigenvalue weighted by Gasteiger charge is -2.37. The average molecular weight is 292 g/mol. The molecule has 1 amide bonds. The summed E-state index contributed by atoms with van der Waals surface area (Å²) in [6.07, 6.45) is 2.18. The van der Waals surface area contributed by atoms with E-state index in [1.54, 1.807) is 19.2 Å². The van der Waals surface area contributed by atoms with Crippen molar-refractivity contribution in [2.24, 2.45) is 5.92 Å². The molecule has 0 radical (unpaired) electrons. The minimum absolute atomic E-state index is 0.0521. The largest absolute Gasteiger partial charge is 0.497 e. The predicted molar refractivity (Wildman–Crippen MR) is 82.9 cm³/mol. The van der Waals surface area contributed by atoms with Crippen molar-refractivity contribution in [1.82, 2.24) is 4.90 Å². The third-order valence-electron chi connectivity index (χ3n) is 4.18. The summed E-state index contributed by atoms with van der Waals surface area (Å²) in [5, 5.41) is 0. The van der Waals surface area contributed by atoms with Crippen LogP contribution in [0.25, 0.3) is 0 Å². The number of likely N-dealkylation sites (tertiary alicyclic amines) is 1. The van der Waals surface area contributed by atoms with Gasteiger partial charge in [0.15, 0.2) is 0 Å². The summed E-state index contributed by atoms with van der Waals surface area (Å²) in [5.41, 5.74) is 6.90. The Morgan fingerprint density at radius 2 is 1.95 bits per heavy atom. The monoisotopic (exact) mass is 292 g/mol. The predicted octanol–water partition coefficient (Wildman–Crippen LogP) is 2.55. The van der Waals surface area contributed by atoms with Gasteiger partial charge in [-0.05, 0) is 31.7 Å². The second-order valence-electron chi connectivity index (χ2n) is 5.78. The van der Waals surface area contributed by atoms with Crippen LogP contribution in [-0.2, 0) is 0 Å². The maximum atomic E-state index is 12.8. The highest BCUT2D eigenvalue weighted by atomic mass is 16.5. The van der Waals surface area contributed by atoms with E-state index in [9.17, 15) is 4.79 Å². The lowest BCUT2D eigenvalue weighted by Crippen LogP contribution is -2.45. The van der Waals surface area contributed by atoms with Gasteiger partial charge in [-0.1, -0.05) is 6.92 Å². The fourth-order valence-corrected chi connectivity index (χ4v) is 2.79. The number of nitrogen functional groups attached to an aromatic ring is 1. The van der Waals surface area contributed by atoms with E-state index in [1.165, 1.54) is 7.11 Å². The number of hydrogen-bond donors (Lipinski definition) is 1. The molecule has 5 heteroatoms. The number of hydrogen-bond acceptors (Lipinski definition) is 4. The molecule has 116 valence electrons. The van der Waals surface area contributed by atoms with Crippen LogP contribution < -0.4 is 15.2 Å². The van der Waals surface area contributed by atoms with Gasteiger partial charge in [-0.25, -0.2) is 0 Å². The van der Waals surface area contributed by atoms with Gasteiger partial charge in [0, 0.05) is 18.7 Å². The summed E-state index contributed by atoms with van der Waals surface area (Å²) in [7, 11) is 3.09. The summed E-state index contributed by atoms with van der Waals surface area (Å²) in [4.78, 5) is 14.7. The molecule has 0 spiro atoms. The lowest BCUT2D eigenvalue weighted by atomic mass is 9.94. The minimum atomic E-state index is -0.0521. The first kappa shape index (κ1) is 15.5. The van der Waals surface area contributed by atoms with Gasteiger partial charge < -0.3 is 20.1 Å². The number of methoxy groups -OCH3 is 2. The SMILES string of the molecule is COc1cc(OC)c(N)c(C(=O)N2CC(C)CCC2C)c1. The number of amides is 1. The number of piperidine rings is 1. The van der Waals surface area contributed by atoms with E-state index in [0.29, 0.717) is 28.7 Å². The molecule has 2 N–H and O–H groups in total. The summed E-state index contributed by atoms with van der Waals surface area (Å²) < 4.78 is 10.5. The fourth-order valence-electron chi connectivity index (χ4n) is 2.79. The Hall–Kier alpha value is -1.91. The molecule has 1 aromatic carbocycles. The molecule has 0 aromatic heterocycles.